The van der Waals surface area contributed by atoms with E-state index in [-0.39, 0.29) is 24.4 Å². The minimum atomic E-state index is -1.04. The molecule has 3 N–H and O–H groups in total. The average Bonchev–Trinajstić information content (AvgIpc) is 3.27. The van der Waals surface area contributed by atoms with Crippen molar-refractivity contribution in [3.05, 3.63) is 33.3 Å². The largest absolute Gasteiger partial charge is 0.335 e. The number of nitrogens with zero attached hydrogens (tertiary/aromatic N) is 1. The van der Waals surface area contributed by atoms with Crippen LogP contribution in [0.3, 0.4) is 0 Å². The van der Waals surface area contributed by atoms with E-state index in [4.69, 9.17) is 23.2 Å². The molecule has 1 aromatic rings. The second kappa shape index (κ2) is 5.78. The van der Waals surface area contributed by atoms with Crippen LogP contribution in [0.1, 0.15) is 24.0 Å². The highest BCUT2D eigenvalue weighted by Crippen LogP contribution is 2.41. The molecule has 1 aromatic carbocycles. The summed E-state index contributed by atoms with van der Waals surface area (Å²) in [5.41, 5.74) is 0.869. The fourth-order valence-electron chi connectivity index (χ4n) is 3.50. The van der Waals surface area contributed by atoms with Crippen LogP contribution >= 0.6 is 23.2 Å². The maximum Gasteiger partial charge on any atom is 0.322 e. The Morgan fingerprint density at radius 1 is 1.20 bits per heavy atom. The first-order valence-corrected chi connectivity index (χ1v) is 8.78. The lowest BCUT2D eigenvalue weighted by atomic mass is 9.93. The topological polar surface area (TPSA) is 90.5 Å². The maximum absolute atomic E-state index is 12.5. The third kappa shape index (κ3) is 2.81. The number of carbonyl (C=O) groups is 3. The van der Waals surface area contributed by atoms with Crippen LogP contribution in [0.4, 0.5) is 9.59 Å². The van der Waals surface area contributed by atoms with Gasteiger partial charge < -0.3 is 15.5 Å². The number of hydrogen-bond donors (Lipinski definition) is 3. The van der Waals surface area contributed by atoms with E-state index in [2.05, 4.69) is 16.0 Å². The van der Waals surface area contributed by atoms with Gasteiger partial charge in [-0.15, -0.1) is 0 Å². The average molecular weight is 383 g/mol. The Balaban J connectivity index is 1.43. The molecule has 25 heavy (non-hydrogen) atoms. The van der Waals surface area contributed by atoms with Crippen LogP contribution in [0.5, 0.6) is 0 Å². The minimum absolute atomic E-state index is 0.0626. The molecule has 7 nitrogen and oxygen atoms in total. The Labute approximate surface area is 154 Å². The summed E-state index contributed by atoms with van der Waals surface area (Å²) in [6.45, 7) is 0.919. The molecule has 9 heteroatoms. The zero-order valence-electron chi connectivity index (χ0n) is 13.2. The predicted molar refractivity (Wildman–Crippen MR) is 91.2 cm³/mol. The summed E-state index contributed by atoms with van der Waals surface area (Å²) in [7, 11) is 0. The van der Waals surface area contributed by atoms with E-state index < -0.39 is 11.6 Å². The van der Waals surface area contributed by atoms with Crippen molar-refractivity contribution in [2.75, 3.05) is 6.54 Å². The number of urea groups is 2. The highest BCUT2D eigenvalue weighted by atomic mass is 35.5. The number of halogens is 2. The molecule has 0 aromatic heterocycles. The van der Waals surface area contributed by atoms with Crippen LogP contribution < -0.4 is 16.0 Å². The highest BCUT2D eigenvalue weighted by molar-refractivity contribution is 6.42. The normalized spacial score (nSPS) is 24.8. The zero-order chi connectivity index (χ0) is 17.8. The van der Waals surface area contributed by atoms with Gasteiger partial charge in [-0.3, -0.25) is 10.1 Å². The second-order valence-electron chi connectivity index (χ2n) is 6.70. The van der Waals surface area contributed by atoms with Gasteiger partial charge in [0.15, 0.2) is 0 Å². The molecular weight excluding hydrogens is 367 g/mol. The molecule has 0 spiro atoms. The van der Waals surface area contributed by atoms with E-state index in [1.807, 2.05) is 0 Å². The molecule has 0 bridgehead atoms. The van der Waals surface area contributed by atoms with Crippen LogP contribution in [0, 0.1) is 5.92 Å². The fourth-order valence-corrected chi connectivity index (χ4v) is 3.87. The molecule has 1 saturated carbocycles. The molecule has 0 unspecified atom stereocenters. The SMILES string of the molecule is O=C1NC(=O)[C@@](CNC(=O)N2Cc3cc(Cl)c(Cl)cc3C2)(C2CC2)N1. The lowest BCUT2D eigenvalue weighted by Crippen LogP contribution is -2.58. The number of nitrogens with one attached hydrogen (secondary N) is 3. The van der Waals surface area contributed by atoms with Crippen LogP contribution in [0.25, 0.3) is 0 Å². The molecule has 1 saturated heterocycles. The lowest BCUT2D eigenvalue weighted by molar-refractivity contribution is -0.124. The van der Waals surface area contributed by atoms with Crippen molar-refractivity contribution in [1.82, 2.24) is 20.9 Å². The molecule has 4 rings (SSSR count). The number of carbonyl (C=O) groups excluding carboxylic acids is 3. The quantitative estimate of drug-likeness (QED) is 0.698. The number of amides is 5. The lowest BCUT2D eigenvalue weighted by Gasteiger charge is -2.27. The Kier molecular flexibility index (Phi) is 3.81. The molecule has 1 atom stereocenters. The Morgan fingerprint density at radius 2 is 1.80 bits per heavy atom. The summed E-state index contributed by atoms with van der Waals surface area (Å²) < 4.78 is 0. The number of rotatable bonds is 3. The Bertz CT molecular complexity index is 765. The number of fused-ring (bicyclic) bond motifs is 1. The Morgan fingerprint density at radius 3 is 2.28 bits per heavy atom. The van der Waals surface area contributed by atoms with Crippen molar-refractivity contribution in [3.8, 4) is 0 Å². The van der Waals surface area contributed by atoms with Crippen molar-refractivity contribution in [3.63, 3.8) is 0 Å². The van der Waals surface area contributed by atoms with Gasteiger partial charge in [0.25, 0.3) is 5.91 Å². The van der Waals surface area contributed by atoms with E-state index in [9.17, 15) is 14.4 Å². The first kappa shape index (κ1) is 16.5. The molecule has 132 valence electrons. The van der Waals surface area contributed by atoms with Crippen molar-refractivity contribution in [2.45, 2.75) is 31.5 Å². The smallest absolute Gasteiger partial charge is 0.322 e. The maximum atomic E-state index is 12.5. The molecule has 1 aliphatic carbocycles. The van der Waals surface area contributed by atoms with E-state index in [0.29, 0.717) is 23.1 Å². The summed E-state index contributed by atoms with van der Waals surface area (Å²) >= 11 is 12.0. The summed E-state index contributed by atoms with van der Waals surface area (Å²) in [6, 6.07) is 2.73. The molecular formula is C16H16Cl2N4O3. The van der Waals surface area contributed by atoms with E-state index in [0.717, 1.165) is 24.0 Å². The van der Waals surface area contributed by atoms with E-state index in [1.54, 1.807) is 17.0 Å². The molecule has 5 amide bonds. The van der Waals surface area contributed by atoms with Crippen molar-refractivity contribution in [1.29, 1.82) is 0 Å². The van der Waals surface area contributed by atoms with Gasteiger partial charge in [0.1, 0.15) is 5.54 Å². The van der Waals surface area contributed by atoms with Crippen LogP contribution in [-0.4, -0.2) is 35.0 Å². The molecule has 2 fully saturated rings. The van der Waals surface area contributed by atoms with Gasteiger partial charge in [-0.05, 0) is 42.0 Å². The number of imide groups is 1. The van der Waals surface area contributed by atoms with Gasteiger partial charge in [-0.2, -0.15) is 0 Å². The highest BCUT2D eigenvalue weighted by Gasteiger charge is 2.56. The standard InChI is InChI=1S/C16H16Cl2N4O3/c17-11-3-8-5-22(6-9(8)4-12(11)18)15(25)19-7-16(10-1-2-10)13(23)20-14(24)21-16/h3-4,10H,1-2,5-7H2,(H,19,25)(H2,20,21,23,24)/t16-/m1/s1. The third-order valence-corrected chi connectivity index (χ3v) is 5.74. The number of benzene rings is 1. The molecule has 2 aliphatic heterocycles. The van der Waals surface area contributed by atoms with Gasteiger partial charge in [0, 0.05) is 13.1 Å². The molecule has 3 aliphatic rings. The first-order chi connectivity index (χ1) is 11.9. The summed E-state index contributed by atoms with van der Waals surface area (Å²) in [5, 5.41) is 8.66. The van der Waals surface area contributed by atoms with Crippen molar-refractivity contribution in [2.24, 2.45) is 5.92 Å². The summed E-state index contributed by atoms with van der Waals surface area (Å²) in [4.78, 5) is 37.8. The van der Waals surface area contributed by atoms with Crippen molar-refractivity contribution >= 4 is 41.2 Å². The second-order valence-corrected chi connectivity index (χ2v) is 7.52. The molecule has 2 heterocycles. The van der Waals surface area contributed by atoms with Gasteiger partial charge in [0.2, 0.25) is 0 Å². The zero-order valence-corrected chi connectivity index (χ0v) is 14.7. The first-order valence-electron chi connectivity index (χ1n) is 8.02. The summed E-state index contributed by atoms with van der Waals surface area (Å²) in [6.07, 6.45) is 1.71. The van der Waals surface area contributed by atoms with Gasteiger partial charge >= 0.3 is 12.1 Å². The van der Waals surface area contributed by atoms with E-state index >= 15 is 0 Å². The van der Waals surface area contributed by atoms with E-state index in [1.165, 1.54) is 0 Å². The third-order valence-electron chi connectivity index (χ3n) is 5.01. The van der Waals surface area contributed by atoms with Gasteiger partial charge in [-0.25, -0.2) is 9.59 Å². The fraction of sp³-hybridized carbons (Fsp3) is 0.438. The van der Waals surface area contributed by atoms with Crippen LogP contribution in [-0.2, 0) is 17.9 Å². The van der Waals surface area contributed by atoms with Gasteiger partial charge in [-0.1, -0.05) is 23.2 Å². The molecule has 0 radical (unpaired) electrons. The summed E-state index contributed by atoms with van der Waals surface area (Å²) in [5.74, 6) is -0.309. The predicted octanol–water partition coefficient (Wildman–Crippen LogP) is 2.01. The van der Waals surface area contributed by atoms with Crippen LogP contribution in [0.15, 0.2) is 12.1 Å². The van der Waals surface area contributed by atoms with Crippen LogP contribution in [0.2, 0.25) is 10.0 Å². The number of hydrogen-bond acceptors (Lipinski definition) is 3. The van der Waals surface area contributed by atoms with Crippen molar-refractivity contribution < 1.29 is 14.4 Å². The van der Waals surface area contributed by atoms with Gasteiger partial charge in [0.05, 0.1) is 16.6 Å². The Hall–Kier alpha value is -1.99. The monoisotopic (exact) mass is 382 g/mol. The minimum Gasteiger partial charge on any atom is -0.335 e.